The van der Waals surface area contributed by atoms with Gasteiger partial charge in [-0.25, -0.2) is 9.78 Å². The van der Waals surface area contributed by atoms with E-state index in [1.165, 1.54) is 11.1 Å². The van der Waals surface area contributed by atoms with Gasteiger partial charge in [-0.3, -0.25) is 0 Å². The number of ether oxygens (including phenoxy) is 1. The van der Waals surface area contributed by atoms with E-state index in [0.29, 0.717) is 19.8 Å². The Labute approximate surface area is 159 Å². The maximum absolute atomic E-state index is 12.5. The first kappa shape index (κ1) is 17.8. The summed E-state index contributed by atoms with van der Waals surface area (Å²) in [5, 5.41) is 6.15. The fourth-order valence-corrected chi connectivity index (χ4v) is 3.92. The zero-order chi connectivity index (χ0) is 18.5. The highest BCUT2D eigenvalue weighted by Crippen LogP contribution is 2.29. The molecule has 6 heteroatoms. The van der Waals surface area contributed by atoms with E-state index in [1.807, 2.05) is 18.2 Å². The summed E-state index contributed by atoms with van der Waals surface area (Å²) in [7, 11) is 0. The Morgan fingerprint density at radius 1 is 1.19 bits per heavy atom. The van der Waals surface area contributed by atoms with Crippen LogP contribution in [0.15, 0.2) is 42.6 Å². The van der Waals surface area contributed by atoms with Crippen LogP contribution < -0.4 is 15.5 Å². The Hall–Kier alpha value is -2.60. The zero-order valence-corrected chi connectivity index (χ0v) is 15.5. The van der Waals surface area contributed by atoms with Crippen molar-refractivity contribution in [1.29, 1.82) is 0 Å². The van der Waals surface area contributed by atoms with Crippen molar-refractivity contribution >= 4 is 11.8 Å². The number of urea groups is 1. The van der Waals surface area contributed by atoms with Crippen molar-refractivity contribution in [3.05, 3.63) is 59.3 Å². The minimum atomic E-state index is -0.131. The average Bonchev–Trinajstić information content (AvgIpc) is 2.73. The lowest BCUT2D eigenvalue weighted by molar-refractivity contribution is 0.122. The van der Waals surface area contributed by atoms with Crippen LogP contribution in [0.25, 0.3) is 0 Å². The lowest BCUT2D eigenvalue weighted by Crippen LogP contribution is -2.40. The molecule has 2 aromatic rings. The molecule has 1 aliphatic heterocycles. The fraction of sp³-hybridized carbons (Fsp3) is 0.429. The summed E-state index contributed by atoms with van der Waals surface area (Å²) in [6.07, 6.45) is 4.98. The summed E-state index contributed by atoms with van der Waals surface area (Å²) in [5.74, 6) is 0.934. The van der Waals surface area contributed by atoms with Crippen LogP contribution in [0.2, 0.25) is 0 Å². The molecule has 1 aromatic heterocycles. The van der Waals surface area contributed by atoms with Crippen LogP contribution in [0.5, 0.6) is 0 Å². The quantitative estimate of drug-likeness (QED) is 0.873. The van der Waals surface area contributed by atoms with Gasteiger partial charge in [0.25, 0.3) is 0 Å². The normalized spacial score (nSPS) is 19.3. The molecule has 1 aliphatic carbocycles. The molecule has 1 unspecified atom stereocenters. The Morgan fingerprint density at radius 2 is 2.04 bits per heavy atom. The number of fused-ring (bicyclic) bond motifs is 1. The van der Waals surface area contributed by atoms with E-state index in [0.717, 1.165) is 43.7 Å². The van der Waals surface area contributed by atoms with Gasteiger partial charge in [0.2, 0.25) is 0 Å². The van der Waals surface area contributed by atoms with E-state index < -0.39 is 0 Å². The molecule has 142 valence electrons. The van der Waals surface area contributed by atoms with Gasteiger partial charge in [-0.1, -0.05) is 30.3 Å². The van der Waals surface area contributed by atoms with E-state index in [9.17, 15) is 4.79 Å². The minimum absolute atomic E-state index is 0.0857. The number of hydrogen-bond donors (Lipinski definition) is 2. The van der Waals surface area contributed by atoms with Crippen LogP contribution >= 0.6 is 0 Å². The standard InChI is InChI=1S/C21H26N4O2/c26-21(24-19-9-3-6-16-5-1-2-8-18(16)19)23-15-17-7-4-10-22-20(17)25-11-13-27-14-12-25/h1-2,4-5,7-8,10,19H,3,6,9,11-15H2,(H2,23,24,26). The maximum atomic E-state index is 12.5. The molecule has 6 nitrogen and oxygen atoms in total. The number of rotatable bonds is 4. The Morgan fingerprint density at radius 3 is 2.93 bits per heavy atom. The Kier molecular flexibility index (Phi) is 5.53. The molecule has 1 saturated heterocycles. The van der Waals surface area contributed by atoms with E-state index >= 15 is 0 Å². The Balaban J connectivity index is 1.38. The third-order valence-electron chi connectivity index (χ3n) is 5.29. The molecule has 2 N–H and O–H groups in total. The van der Waals surface area contributed by atoms with Gasteiger partial charge in [-0.15, -0.1) is 0 Å². The van der Waals surface area contributed by atoms with Crippen molar-refractivity contribution in [1.82, 2.24) is 15.6 Å². The third kappa shape index (κ3) is 4.22. The summed E-state index contributed by atoms with van der Waals surface area (Å²) in [6.45, 7) is 3.54. The highest BCUT2D eigenvalue weighted by Gasteiger charge is 2.21. The molecule has 4 rings (SSSR count). The first-order valence-corrected chi connectivity index (χ1v) is 9.70. The molecule has 0 radical (unpaired) electrons. The molecular weight excluding hydrogens is 340 g/mol. The topological polar surface area (TPSA) is 66.5 Å². The van der Waals surface area contributed by atoms with E-state index in [4.69, 9.17) is 4.74 Å². The van der Waals surface area contributed by atoms with Gasteiger partial charge in [0, 0.05) is 31.4 Å². The van der Waals surface area contributed by atoms with Gasteiger partial charge in [0.15, 0.2) is 0 Å². The minimum Gasteiger partial charge on any atom is -0.378 e. The lowest BCUT2D eigenvalue weighted by atomic mass is 9.88. The van der Waals surface area contributed by atoms with Crippen LogP contribution in [0.3, 0.4) is 0 Å². The second-order valence-electron chi connectivity index (χ2n) is 7.06. The number of aryl methyl sites for hydroxylation is 1. The third-order valence-corrected chi connectivity index (χ3v) is 5.29. The largest absolute Gasteiger partial charge is 0.378 e. The molecule has 1 fully saturated rings. The predicted octanol–water partition coefficient (Wildman–Crippen LogP) is 2.80. The van der Waals surface area contributed by atoms with E-state index in [1.54, 1.807) is 6.20 Å². The van der Waals surface area contributed by atoms with E-state index in [-0.39, 0.29) is 12.1 Å². The molecule has 2 heterocycles. The van der Waals surface area contributed by atoms with Crippen LogP contribution in [0, 0.1) is 0 Å². The fourth-order valence-electron chi connectivity index (χ4n) is 3.92. The SMILES string of the molecule is O=C(NCc1cccnc1N1CCOCC1)NC1CCCc2ccccc21. The number of benzene rings is 1. The average molecular weight is 366 g/mol. The molecule has 0 spiro atoms. The molecule has 27 heavy (non-hydrogen) atoms. The number of carbonyl (C=O) groups excluding carboxylic acids is 1. The summed E-state index contributed by atoms with van der Waals surface area (Å²) in [5.41, 5.74) is 3.61. The summed E-state index contributed by atoms with van der Waals surface area (Å²) in [4.78, 5) is 19.2. The van der Waals surface area contributed by atoms with Gasteiger partial charge in [-0.2, -0.15) is 0 Å². The van der Waals surface area contributed by atoms with Crippen molar-refractivity contribution in [3.63, 3.8) is 0 Å². The summed E-state index contributed by atoms with van der Waals surface area (Å²) in [6, 6.07) is 12.3. The first-order chi connectivity index (χ1) is 13.3. The molecule has 2 amide bonds. The molecular formula is C21H26N4O2. The van der Waals surface area contributed by atoms with Crippen LogP contribution in [-0.4, -0.2) is 37.3 Å². The Bertz CT molecular complexity index is 789. The van der Waals surface area contributed by atoms with Crippen molar-refractivity contribution in [3.8, 4) is 0 Å². The predicted molar refractivity (Wildman–Crippen MR) is 105 cm³/mol. The first-order valence-electron chi connectivity index (χ1n) is 9.70. The van der Waals surface area contributed by atoms with Gasteiger partial charge in [-0.05, 0) is 36.5 Å². The molecule has 1 atom stereocenters. The van der Waals surface area contributed by atoms with Gasteiger partial charge in [0.05, 0.1) is 19.3 Å². The highest BCUT2D eigenvalue weighted by atomic mass is 16.5. The number of morpholine rings is 1. The monoisotopic (exact) mass is 366 g/mol. The molecule has 2 aliphatic rings. The van der Waals surface area contributed by atoms with Crippen molar-refractivity contribution in [2.45, 2.75) is 31.8 Å². The molecule has 0 bridgehead atoms. The number of hydrogen-bond acceptors (Lipinski definition) is 4. The number of anilines is 1. The summed E-state index contributed by atoms with van der Waals surface area (Å²) < 4.78 is 5.42. The number of pyridine rings is 1. The smallest absolute Gasteiger partial charge is 0.315 e. The molecule has 1 aromatic carbocycles. The van der Waals surface area contributed by atoms with Gasteiger partial charge >= 0.3 is 6.03 Å². The number of aromatic nitrogens is 1. The lowest BCUT2D eigenvalue weighted by Gasteiger charge is -2.29. The summed E-state index contributed by atoms with van der Waals surface area (Å²) >= 11 is 0. The van der Waals surface area contributed by atoms with Crippen molar-refractivity contribution in [2.24, 2.45) is 0 Å². The van der Waals surface area contributed by atoms with Gasteiger partial charge < -0.3 is 20.3 Å². The highest BCUT2D eigenvalue weighted by molar-refractivity contribution is 5.74. The van der Waals surface area contributed by atoms with Crippen LogP contribution in [0.4, 0.5) is 10.6 Å². The maximum Gasteiger partial charge on any atom is 0.315 e. The zero-order valence-electron chi connectivity index (χ0n) is 15.5. The van der Waals surface area contributed by atoms with Crippen molar-refractivity contribution < 1.29 is 9.53 Å². The van der Waals surface area contributed by atoms with Crippen LogP contribution in [-0.2, 0) is 17.7 Å². The van der Waals surface area contributed by atoms with Crippen molar-refractivity contribution in [2.75, 3.05) is 31.2 Å². The van der Waals surface area contributed by atoms with E-state index in [2.05, 4.69) is 38.7 Å². The molecule has 0 saturated carbocycles. The van der Waals surface area contributed by atoms with Gasteiger partial charge in [0.1, 0.15) is 5.82 Å². The second-order valence-corrected chi connectivity index (χ2v) is 7.06. The number of nitrogens with zero attached hydrogens (tertiary/aromatic N) is 2. The number of nitrogens with one attached hydrogen (secondary N) is 2. The number of carbonyl (C=O) groups is 1. The van der Waals surface area contributed by atoms with Crippen LogP contribution in [0.1, 0.15) is 35.6 Å². The number of amides is 2. The second kappa shape index (κ2) is 8.39.